The van der Waals surface area contributed by atoms with Crippen LogP contribution in [0.2, 0.25) is 0 Å². The van der Waals surface area contributed by atoms with Crippen LogP contribution in [-0.2, 0) is 4.79 Å². The summed E-state index contributed by atoms with van der Waals surface area (Å²) in [5.41, 5.74) is 1.93. The number of fused-ring (bicyclic) bond motifs is 2. The molecule has 0 saturated carbocycles. The molecule has 146 valence electrons. The Morgan fingerprint density at radius 3 is 2.76 bits per heavy atom. The fourth-order valence-corrected chi connectivity index (χ4v) is 4.87. The van der Waals surface area contributed by atoms with Crippen molar-refractivity contribution in [1.82, 2.24) is 4.90 Å². The van der Waals surface area contributed by atoms with Gasteiger partial charge in [0.25, 0.3) is 5.91 Å². The van der Waals surface area contributed by atoms with Crippen LogP contribution in [0.15, 0.2) is 60.0 Å². The molecule has 29 heavy (non-hydrogen) atoms. The molecule has 7 heteroatoms. The largest absolute Gasteiger partial charge is 0.454 e. The smallest absolute Gasteiger partial charge is 0.254 e. The number of nitrogens with one attached hydrogen (secondary N) is 1. The first-order chi connectivity index (χ1) is 14.1. The lowest BCUT2D eigenvalue weighted by molar-refractivity contribution is -0.119. The van der Waals surface area contributed by atoms with Gasteiger partial charge < -0.3 is 19.7 Å². The predicted octanol–water partition coefficient (Wildman–Crippen LogP) is 4.03. The van der Waals surface area contributed by atoms with E-state index in [0.717, 1.165) is 10.4 Å². The number of likely N-dealkylation sites (N-methyl/N-ethyl adjacent to an activating group) is 1. The van der Waals surface area contributed by atoms with E-state index in [1.807, 2.05) is 35.7 Å². The number of anilines is 1. The molecule has 1 aromatic heterocycles. The van der Waals surface area contributed by atoms with Crippen molar-refractivity contribution in [2.45, 2.75) is 12.0 Å². The van der Waals surface area contributed by atoms with Crippen LogP contribution in [-0.4, -0.2) is 30.6 Å². The van der Waals surface area contributed by atoms with Gasteiger partial charge >= 0.3 is 0 Å². The van der Waals surface area contributed by atoms with Gasteiger partial charge in [0.1, 0.15) is 0 Å². The van der Waals surface area contributed by atoms with E-state index in [9.17, 15) is 9.59 Å². The molecule has 6 nitrogen and oxygen atoms in total. The van der Waals surface area contributed by atoms with Gasteiger partial charge in [0.05, 0.1) is 12.0 Å². The van der Waals surface area contributed by atoms with E-state index in [-0.39, 0.29) is 24.6 Å². The van der Waals surface area contributed by atoms with Crippen molar-refractivity contribution in [3.05, 3.63) is 76.0 Å². The number of amides is 2. The van der Waals surface area contributed by atoms with E-state index >= 15 is 0 Å². The maximum Gasteiger partial charge on any atom is 0.254 e. The number of nitrogens with zero attached hydrogens (tertiary/aromatic N) is 1. The molecule has 2 aliphatic heterocycles. The van der Waals surface area contributed by atoms with Gasteiger partial charge in [0.2, 0.25) is 12.7 Å². The Morgan fingerprint density at radius 2 is 1.93 bits per heavy atom. The van der Waals surface area contributed by atoms with Crippen LogP contribution in [0.25, 0.3) is 0 Å². The van der Waals surface area contributed by atoms with Crippen LogP contribution in [0.4, 0.5) is 5.69 Å². The van der Waals surface area contributed by atoms with Gasteiger partial charge in [-0.25, -0.2) is 0 Å². The lowest BCUT2D eigenvalue weighted by Gasteiger charge is -2.39. The Balaban J connectivity index is 1.55. The summed E-state index contributed by atoms with van der Waals surface area (Å²) in [5.74, 6) is 0.486. The van der Waals surface area contributed by atoms with Crippen LogP contribution < -0.4 is 14.8 Å². The summed E-state index contributed by atoms with van der Waals surface area (Å²) < 4.78 is 10.7. The highest BCUT2D eigenvalue weighted by molar-refractivity contribution is 7.10. The van der Waals surface area contributed by atoms with Crippen molar-refractivity contribution in [3.8, 4) is 11.5 Å². The SMILES string of the molecule is CN1C(=O)c2ccccc2C(C(=O)Nc2ccc3c(c2)OCO3)C1c1cccs1. The first kappa shape index (κ1) is 17.8. The third kappa shape index (κ3) is 2.94. The van der Waals surface area contributed by atoms with E-state index in [2.05, 4.69) is 5.32 Å². The average Bonchev–Trinajstić information content (AvgIpc) is 3.42. The molecule has 5 rings (SSSR count). The first-order valence-corrected chi connectivity index (χ1v) is 10.1. The minimum atomic E-state index is -0.530. The molecule has 2 atom stereocenters. The summed E-state index contributed by atoms with van der Waals surface area (Å²) in [7, 11) is 1.75. The zero-order valence-corrected chi connectivity index (χ0v) is 16.4. The van der Waals surface area contributed by atoms with Crippen molar-refractivity contribution in [2.24, 2.45) is 0 Å². The van der Waals surface area contributed by atoms with Gasteiger partial charge in [0.15, 0.2) is 11.5 Å². The number of carbonyl (C=O) groups is 2. The zero-order valence-electron chi connectivity index (χ0n) is 15.6. The molecule has 0 spiro atoms. The second-order valence-electron chi connectivity index (χ2n) is 7.00. The van der Waals surface area contributed by atoms with Gasteiger partial charge in [-0.3, -0.25) is 9.59 Å². The number of carbonyl (C=O) groups excluding carboxylic acids is 2. The van der Waals surface area contributed by atoms with Gasteiger partial charge in [-0.1, -0.05) is 24.3 Å². The predicted molar refractivity (Wildman–Crippen MR) is 110 cm³/mol. The Morgan fingerprint density at radius 1 is 1.10 bits per heavy atom. The molecule has 1 N–H and O–H groups in total. The monoisotopic (exact) mass is 406 g/mol. The third-order valence-electron chi connectivity index (χ3n) is 5.34. The number of ether oxygens (including phenoxy) is 2. The quantitative estimate of drug-likeness (QED) is 0.713. The average molecular weight is 406 g/mol. The molecule has 2 unspecified atom stereocenters. The lowest BCUT2D eigenvalue weighted by atomic mass is 9.81. The highest BCUT2D eigenvalue weighted by Gasteiger charge is 2.43. The minimum Gasteiger partial charge on any atom is -0.454 e. The summed E-state index contributed by atoms with van der Waals surface area (Å²) in [6.07, 6.45) is 0. The van der Waals surface area contributed by atoms with Gasteiger partial charge in [-0.05, 0) is 35.2 Å². The van der Waals surface area contributed by atoms with Gasteiger partial charge in [-0.2, -0.15) is 0 Å². The Bertz CT molecular complexity index is 1100. The highest BCUT2D eigenvalue weighted by atomic mass is 32.1. The number of hydrogen-bond donors (Lipinski definition) is 1. The molecule has 0 radical (unpaired) electrons. The van der Waals surface area contributed by atoms with Crippen LogP contribution in [0.5, 0.6) is 11.5 Å². The fourth-order valence-electron chi connectivity index (χ4n) is 3.97. The summed E-state index contributed by atoms with van der Waals surface area (Å²) in [4.78, 5) is 29.1. The van der Waals surface area contributed by atoms with Gasteiger partial charge in [0, 0.05) is 29.2 Å². The zero-order chi connectivity index (χ0) is 20.0. The molecule has 2 aromatic carbocycles. The topological polar surface area (TPSA) is 67.9 Å². The van der Waals surface area contributed by atoms with Crippen molar-refractivity contribution >= 4 is 28.8 Å². The molecule has 0 aliphatic carbocycles. The van der Waals surface area contributed by atoms with Crippen molar-refractivity contribution in [2.75, 3.05) is 19.2 Å². The normalized spacial score (nSPS) is 19.8. The minimum absolute atomic E-state index is 0.0777. The molecule has 3 aromatic rings. The highest BCUT2D eigenvalue weighted by Crippen LogP contribution is 2.44. The number of benzene rings is 2. The molecule has 3 heterocycles. The molecule has 0 saturated heterocycles. The van der Waals surface area contributed by atoms with E-state index in [0.29, 0.717) is 22.7 Å². The number of hydrogen-bond acceptors (Lipinski definition) is 5. The van der Waals surface area contributed by atoms with E-state index in [1.54, 1.807) is 47.5 Å². The van der Waals surface area contributed by atoms with Crippen LogP contribution in [0, 0.1) is 0 Å². The van der Waals surface area contributed by atoms with Crippen LogP contribution in [0.3, 0.4) is 0 Å². The van der Waals surface area contributed by atoms with E-state index in [4.69, 9.17) is 9.47 Å². The second kappa shape index (κ2) is 6.93. The van der Waals surface area contributed by atoms with Crippen molar-refractivity contribution in [1.29, 1.82) is 0 Å². The molecular formula is C22H18N2O4S. The Hall–Kier alpha value is -3.32. The van der Waals surface area contributed by atoms with Gasteiger partial charge in [-0.15, -0.1) is 11.3 Å². The molecule has 0 bridgehead atoms. The van der Waals surface area contributed by atoms with Crippen molar-refractivity contribution < 1.29 is 19.1 Å². The van der Waals surface area contributed by atoms with E-state index in [1.165, 1.54) is 0 Å². The number of rotatable bonds is 3. The number of thiophene rings is 1. The van der Waals surface area contributed by atoms with Crippen LogP contribution >= 0.6 is 11.3 Å². The lowest BCUT2D eigenvalue weighted by Crippen LogP contribution is -2.43. The maximum atomic E-state index is 13.5. The summed E-state index contributed by atoms with van der Waals surface area (Å²) >= 11 is 1.54. The van der Waals surface area contributed by atoms with E-state index < -0.39 is 5.92 Å². The maximum absolute atomic E-state index is 13.5. The summed E-state index contributed by atoms with van der Waals surface area (Å²) in [6.45, 7) is 0.177. The summed E-state index contributed by atoms with van der Waals surface area (Å²) in [6, 6.07) is 16.2. The Labute approximate surface area is 171 Å². The molecule has 2 aliphatic rings. The third-order valence-corrected chi connectivity index (χ3v) is 6.28. The fraction of sp³-hybridized carbons (Fsp3) is 0.182. The molecule has 2 amide bonds. The standard InChI is InChI=1S/C22H18N2O4S/c1-24-20(18-7-4-10-29-18)19(14-5-2-3-6-15(14)22(24)26)21(25)23-13-8-9-16-17(11-13)28-12-27-16/h2-11,19-20H,12H2,1H3,(H,23,25). The molecule has 0 fully saturated rings. The second-order valence-corrected chi connectivity index (χ2v) is 7.98. The Kier molecular flexibility index (Phi) is 4.24. The molecular weight excluding hydrogens is 388 g/mol. The van der Waals surface area contributed by atoms with Crippen molar-refractivity contribution in [3.63, 3.8) is 0 Å². The van der Waals surface area contributed by atoms with Crippen LogP contribution in [0.1, 0.15) is 32.8 Å². The first-order valence-electron chi connectivity index (χ1n) is 9.23. The summed E-state index contributed by atoms with van der Waals surface area (Å²) in [5, 5.41) is 4.96.